The fraction of sp³-hybridized carbons (Fsp3) is 0.200. The molecule has 0 radical (unpaired) electrons. The van der Waals surface area contributed by atoms with Crippen LogP contribution in [-0.2, 0) is 17.9 Å². The van der Waals surface area contributed by atoms with Crippen molar-refractivity contribution in [3.8, 4) is 5.75 Å². The minimum Gasteiger partial charge on any atom is -0.487 e. The standard InChI is InChI=1S/C25H24N4O3/c1-17(19-8-7-10-21(14-19)32-16-20-9-5-6-13-26-20)27-24(30)15-29-18(2)28-23-12-4-3-11-22(23)25(29)31/h3-14,17H,15-16H2,1-2H3,(H,27,30). The number of benzene rings is 2. The van der Waals surface area contributed by atoms with Crippen LogP contribution in [0.4, 0.5) is 0 Å². The highest BCUT2D eigenvalue weighted by Gasteiger charge is 2.14. The molecule has 1 amide bonds. The quantitative estimate of drug-likeness (QED) is 0.486. The highest BCUT2D eigenvalue weighted by atomic mass is 16.5. The zero-order valence-electron chi connectivity index (χ0n) is 18.0. The topological polar surface area (TPSA) is 86.1 Å². The molecule has 2 aromatic carbocycles. The third-order valence-electron chi connectivity index (χ3n) is 5.20. The number of carbonyl (C=O) groups is 1. The molecule has 0 aliphatic carbocycles. The van der Waals surface area contributed by atoms with Crippen LogP contribution in [0.2, 0.25) is 0 Å². The van der Waals surface area contributed by atoms with E-state index in [2.05, 4.69) is 15.3 Å². The van der Waals surface area contributed by atoms with E-state index >= 15 is 0 Å². The summed E-state index contributed by atoms with van der Waals surface area (Å²) in [6.07, 6.45) is 1.73. The molecular formula is C25H24N4O3. The number of hydrogen-bond donors (Lipinski definition) is 1. The zero-order chi connectivity index (χ0) is 22.5. The summed E-state index contributed by atoms with van der Waals surface area (Å²) in [5.41, 5.74) is 2.14. The third kappa shape index (κ3) is 4.83. The monoisotopic (exact) mass is 428 g/mol. The van der Waals surface area contributed by atoms with Gasteiger partial charge in [0, 0.05) is 6.20 Å². The van der Waals surface area contributed by atoms with Crippen LogP contribution in [0.25, 0.3) is 10.9 Å². The smallest absolute Gasteiger partial charge is 0.261 e. The minimum absolute atomic E-state index is 0.0945. The Morgan fingerprint density at radius 3 is 2.72 bits per heavy atom. The van der Waals surface area contributed by atoms with Gasteiger partial charge in [-0.25, -0.2) is 4.98 Å². The van der Waals surface area contributed by atoms with Crippen LogP contribution >= 0.6 is 0 Å². The van der Waals surface area contributed by atoms with Crippen LogP contribution < -0.4 is 15.6 Å². The molecule has 1 atom stereocenters. The summed E-state index contributed by atoms with van der Waals surface area (Å²) in [6.45, 7) is 3.89. The van der Waals surface area contributed by atoms with Crippen molar-refractivity contribution >= 4 is 16.8 Å². The van der Waals surface area contributed by atoms with Gasteiger partial charge >= 0.3 is 0 Å². The number of aromatic nitrogens is 3. The van der Waals surface area contributed by atoms with Gasteiger partial charge in [-0.15, -0.1) is 0 Å². The number of nitrogens with zero attached hydrogens (tertiary/aromatic N) is 3. The molecule has 0 aliphatic heterocycles. The molecule has 7 heteroatoms. The molecule has 4 rings (SSSR count). The van der Waals surface area contributed by atoms with E-state index in [0.717, 1.165) is 11.3 Å². The number of hydrogen-bond acceptors (Lipinski definition) is 5. The molecule has 0 saturated heterocycles. The van der Waals surface area contributed by atoms with E-state index in [-0.39, 0.29) is 24.1 Å². The molecule has 4 aromatic rings. The molecule has 1 unspecified atom stereocenters. The average Bonchev–Trinajstić information content (AvgIpc) is 2.81. The van der Waals surface area contributed by atoms with Crippen LogP contribution in [0.15, 0.2) is 77.7 Å². The van der Waals surface area contributed by atoms with Crippen molar-refractivity contribution in [1.29, 1.82) is 0 Å². The van der Waals surface area contributed by atoms with Gasteiger partial charge in [0.15, 0.2) is 0 Å². The molecule has 2 heterocycles. The Kier molecular flexibility index (Phi) is 6.26. The van der Waals surface area contributed by atoms with E-state index in [4.69, 9.17) is 4.74 Å². The maximum absolute atomic E-state index is 12.8. The van der Waals surface area contributed by atoms with Gasteiger partial charge in [-0.1, -0.05) is 30.3 Å². The number of amides is 1. The first kappa shape index (κ1) is 21.2. The number of fused-ring (bicyclic) bond motifs is 1. The Labute approximate surface area is 185 Å². The maximum Gasteiger partial charge on any atom is 0.261 e. The van der Waals surface area contributed by atoms with Crippen LogP contribution in [0.5, 0.6) is 5.75 Å². The van der Waals surface area contributed by atoms with Gasteiger partial charge in [0.05, 0.1) is 22.6 Å². The predicted molar refractivity (Wildman–Crippen MR) is 122 cm³/mol. The van der Waals surface area contributed by atoms with Crippen molar-refractivity contribution < 1.29 is 9.53 Å². The second-order valence-corrected chi connectivity index (χ2v) is 7.54. The lowest BCUT2D eigenvalue weighted by Gasteiger charge is -2.17. The summed E-state index contributed by atoms with van der Waals surface area (Å²) in [7, 11) is 0. The molecule has 2 aromatic heterocycles. The van der Waals surface area contributed by atoms with Gasteiger partial charge in [-0.2, -0.15) is 0 Å². The van der Waals surface area contributed by atoms with Gasteiger partial charge in [-0.3, -0.25) is 19.1 Å². The molecule has 7 nitrogen and oxygen atoms in total. The second kappa shape index (κ2) is 9.43. The van der Waals surface area contributed by atoms with E-state index in [9.17, 15) is 9.59 Å². The van der Waals surface area contributed by atoms with Crippen molar-refractivity contribution in [3.63, 3.8) is 0 Å². The molecule has 1 N–H and O–H groups in total. The Bertz CT molecular complexity index is 1300. The number of nitrogens with one attached hydrogen (secondary N) is 1. The predicted octanol–water partition coefficient (Wildman–Crippen LogP) is 3.56. The fourth-order valence-corrected chi connectivity index (χ4v) is 3.49. The molecular weight excluding hydrogens is 404 g/mol. The third-order valence-corrected chi connectivity index (χ3v) is 5.20. The molecule has 0 saturated carbocycles. The number of rotatable bonds is 7. The summed E-state index contributed by atoms with van der Waals surface area (Å²) in [5, 5.41) is 3.45. The molecule has 162 valence electrons. The van der Waals surface area contributed by atoms with E-state index in [1.807, 2.05) is 55.5 Å². The maximum atomic E-state index is 12.8. The zero-order valence-corrected chi connectivity index (χ0v) is 18.0. The van der Waals surface area contributed by atoms with Crippen LogP contribution in [0.1, 0.15) is 30.0 Å². The highest BCUT2D eigenvalue weighted by Crippen LogP contribution is 2.20. The summed E-state index contributed by atoms with van der Waals surface area (Å²) in [4.78, 5) is 34.2. The van der Waals surface area contributed by atoms with E-state index in [1.54, 1.807) is 31.3 Å². The van der Waals surface area contributed by atoms with Crippen molar-refractivity contribution in [2.45, 2.75) is 33.0 Å². The van der Waals surface area contributed by atoms with Crippen LogP contribution in [0, 0.1) is 6.92 Å². The van der Waals surface area contributed by atoms with Gasteiger partial charge in [0.2, 0.25) is 5.91 Å². The lowest BCUT2D eigenvalue weighted by atomic mass is 10.1. The highest BCUT2D eigenvalue weighted by molar-refractivity contribution is 5.79. The molecule has 0 fully saturated rings. The van der Waals surface area contributed by atoms with Crippen molar-refractivity contribution in [3.05, 3.63) is 100 Å². The summed E-state index contributed by atoms with van der Waals surface area (Å²) in [5.74, 6) is 0.932. The first-order chi connectivity index (χ1) is 15.5. The number of pyridine rings is 1. The fourth-order valence-electron chi connectivity index (χ4n) is 3.49. The molecule has 0 aliphatic rings. The largest absolute Gasteiger partial charge is 0.487 e. The van der Waals surface area contributed by atoms with Gasteiger partial charge in [0.1, 0.15) is 24.7 Å². The Balaban J connectivity index is 1.43. The molecule has 32 heavy (non-hydrogen) atoms. The first-order valence-corrected chi connectivity index (χ1v) is 10.4. The number of para-hydroxylation sites is 1. The Morgan fingerprint density at radius 1 is 1.09 bits per heavy atom. The van der Waals surface area contributed by atoms with Gasteiger partial charge in [0.25, 0.3) is 5.56 Å². The normalized spacial score (nSPS) is 11.8. The van der Waals surface area contributed by atoms with Crippen molar-refractivity contribution in [2.75, 3.05) is 0 Å². The first-order valence-electron chi connectivity index (χ1n) is 10.4. The van der Waals surface area contributed by atoms with E-state index in [0.29, 0.717) is 29.1 Å². The van der Waals surface area contributed by atoms with Gasteiger partial charge in [-0.05, 0) is 55.8 Å². The number of carbonyl (C=O) groups excluding carboxylic acids is 1. The van der Waals surface area contributed by atoms with Crippen molar-refractivity contribution in [2.24, 2.45) is 0 Å². The number of ether oxygens (including phenoxy) is 1. The summed E-state index contributed by atoms with van der Waals surface area (Å²) < 4.78 is 7.23. The van der Waals surface area contributed by atoms with Crippen LogP contribution in [0.3, 0.4) is 0 Å². The SMILES string of the molecule is Cc1nc2ccccc2c(=O)n1CC(=O)NC(C)c1cccc(OCc2ccccn2)c1. The summed E-state index contributed by atoms with van der Waals surface area (Å²) >= 11 is 0. The molecule has 0 spiro atoms. The summed E-state index contributed by atoms with van der Waals surface area (Å²) in [6, 6.07) is 20.1. The van der Waals surface area contributed by atoms with Crippen LogP contribution in [-0.4, -0.2) is 20.4 Å². The minimum atomic E-state index is -0.264. The second-order valence-electron chi connectivity index (χ2n) is 7.54. The molecule has 0 bridgehead atoms. The van der Waals surface area contributed by atoms with E-state index in [1.165, 1.54) is 4.57 Å². The lowest BCUT2D eigenvalue weighted by molar-refractivity contribution is -0.122. The average molecular weight is 428 g/mol. The van der Waals surface area contributed by atoms with Crippen molar-refractivity contribution in [1.82, 2.24) is 19.9 Å². The Morgan fingerprint density at radius 2 is 1.91 bits per heavy atom. The van der Waals surface area contributed by atoms with E-state index < -0.39 is 0 Å². The number of aryl methyl sites for hydroxylation is 1. The lowest BCUT2D eigenvalue weighted by Crippen LogP contribution is -2.35. The Hall–Kier alpha value is -4.00. The van der Waals surface area contributed by atoms with Gasteiger partial charge < -0.3 is 10.1 Å².